The molecule has 1 aromatic rings. The summed E-state index contributed by atoms with van der Waals surface area (Å²) < 4.78 is 9.96. The Morgan fingerprint density at radius 2 is 1.90 bits per heavy atom. The summed E-state index contributed by atoms with van der Waals surface area (Å²) in [5, 5.41) is 0. The summed E-state index contributed by atoms with van der Waals surface area (Å²) in [7, 11) is 3.14. The van der Waals surface area contributed by atoms with E-state index in [-0.39, 0.29) is 24.9 Å². The van der Waals surface area contributed by atoms with Crippen LogP contribution in [-0.4, -0.2) is 50.8 Å². The Hall–Kier alpha value is -1.14. The van der Waals surface area contributed by atoms with Crippen LogP contribution in [0.25, 0.3) is 0 Å². The topological polar surface area (TPSA) is 64.8 Å². The molecule has 0 aliphatic heterocycles. The van der Waals surface area contributed by atoms with Crippen molar-refractivity contribution < 1.29 is 14.3 Å². The predicted octanol–water partition coefficient (Wildman–Crippen LogP) is 1.06. The first-order valence-electron chi connectivity index (χ1n) is 6.25. The maximum atomic E-state index is 12.2. The molecule has 0 saturated heterocycles. The molecule has 1 atom stereocenters. The molecule has 0 bridgehead atoms. The van der Waals surface area contributed by atoms with Gasteiger partial charge in [-0.3, -0.25) is 4.79 Å². The Bertz CT molecular complexity index is 376. The number of carbonyl (C=O) groups excluding carboxylic acids is 1. The van der Waals surface area contributed by atoms with Crippen molar-refractivity contribution in [1.82, 2.24) is 4.90 Å². The van der Waals surface area contributed by atoms with E-state index in [0.29, 0.717) is 19.7 Å². The molecular weight excluding hydrogens is 280 g/mol. The van der Waals surface area contributed by atoms with Crippen LogP contribution < -0.4 is 5.73 Å². The molecule has 114 valence electrons. The lowest BCUT2D eigenvalue weighted by Gasteiger charge is -2.25. The van der Waals surface area contributed by atoms with Gasteiger partial charge in [-0.1, -0.05) is 30.3 Å². The van der Waals surface area contributed by atoms with Gasteiger partial charge < -0.3 is 20.1 Å². The van der Waals surface area contributed by atoms with Crippen molar-refractivity contribution in [2.75, 3.05) is 34.0 Å². The van der Waals surface area contributed by atoms with Crippen molar-refractivity contribution in [2.45, 2.75) is 12.6 Å². The first-order chi connectivity index (χ1) is 9.19. The van der Waals surface area contributed by atoms with Gasteiger partial charge in [0.2, 0.25) is 5.91 Å². The second-order valence-corrected chi connectivity index (χ2v) is 4.30. The van der Waals surface area contributed by atoms with E-state index in [1.165, 1.54) is 7.11 Å². The third-order valence-electron chi connectivity index (χ3n) is 2.76. The zero-order chi connectivity index (χ0) is 14.1. The highest BCUT2D eigenvalue weighted by Crippen LogP contribution is 2.06. The lowest BCUT2D eigenvalue weighted by molar-refractivity contribution is -0.135. The summed E-state index contributed by atoms with van der Waals surface area (Å²) in [6.07, 6.45) is 0. The number of benzene rings is 1. The lowest BCUT2D eigenvalue weighted by atomic mass is 10.2. The first-order valence-corrected chi connectivity index (χ1v) is 6.25. The van der Waals surface area contributed by atoms with Crippen LogP contribution >= 0.6 is 12.4 Å². The SMILES string of the molecule is COCCN(Cc1ccccc1)C(=O)C(N)COC.Cl. The number of methoxy groups -OCH3 is 2. The first kappa shape index (κ1) is 18.9. The molecular formula is C14H23ClN2O3. The molecule has 0 spiro atoms. The minimum absolute atomic E-state index is 0. The number of ether oxygens (including phenoxy) is 2. The average molecular weight is 303 g/mol. The van der Waals surface area contributed by atoms with Crippen LogP contribution in [0.2, 0.25) is 0 Å². The summed E-state index contributed by atoms with van der Waals surface area (Å²) in [6.45, 7) is 1.75. The van der Waals surface area contributed by atoms with Gasteiger partial charge in [0.1, 0.15) is 6.04 Å². The van der Waals surface area contributed by atoms with Crippen molar-refractivity contribution in [1.29, 1.82) is 0 Å². The van der Waals surface area contributed by atoms with Gasteiger partial charge in [0.15, 0.2) is 0 Å². The van der Waals surface area contributed by atoms with E-state index in [4.69, 9.17) is 15.2 Å². The second kappa shape index (κ2) is 10.6. The van der Waals surface area contributed by atoms with Crippen molar-refractivity contribution in [3.8, 4) is 0 Å². The fourth-order valence-electron chi connectivity index (χ4n) is 1.76. The smallest absolute Gasteiger partial charge is 0.242 e. The fraction of sp³-hybridized carbons (Fsp3) is 0.500. The number of carbonyl (C=O) groups is 1. The van der Waals surface area contributed by atoms with Crippen LogP contribution in [0, 0.1) is 0 Å². The van der Waals surface area contributed by atoms with Gasteiger partial charge in [0.05, 0.1) is 13.2 Å². The molecule has 1 aromatic carbocycles. The molecule has 0 aliphatic carbocycles. The fourth-order valence-corrected chi connectivity index (χ4v) is 1.76. The Morgan fingerprint density at radius 1 is 1.25 bits per heavy atom. The van der Waals surface area contributed by atoms with E-state index in [1.807, 2.05) is 30.3 Å². The minimum Gasteiger partial charge on any atom is -0.383 e. The van der Waals surface area contributed by atoms with Crippen LogP contribution in [0.5, 0.6) is 0 Å². The highest BCUT2D eigenvalue weighted by molar-refractivity contribution is 5.85. The largest absolute Gasteiger partial charge is 0.383 e. The van der Waals surface area contributed by atoms with E-state index < -0.39 is 6.04 Å². The number of nitrogens with zero attached hydrogens (tertiary/aromatic N) is 1. The Balaban J connectivity index is 0.00000361. The molecule has 20 heavy (non-hydrogen) atoms. The highest BCUT2D eigenvalue weighted by Gasteiger charge is 2.20. The standard InChI is InChI=1S/C14H22N2O3.ClH/c1-18-9-8-16(14(17)13(15)11-19-2)10-12-6-4-3-5-7-12;/h3-7,13H,8-11,15H2,1-2H3;1H. The zero-order valence-electron chi connectivity index (χ0n) is 12.0. The van der Waals surface area contributed by atoms with Gasteiger partial charge in [-0.25, -0.2) is 0 Å². The molecule has 0 aromatic heterocycles. The number of amides is 1. The third kappa shape index (κ3) is 6.34. The monoisotopic (exact) mass is 302 g/mol. The summed E-state index contributed by atoms with van der Waals surface area (Å²) in [6, 6.07) is 9.17. The number of nitrogens with two attached hydrogens (primary N) is 1. The number of rotatable bonds is 8. The predicted molar refractivity (Wildman–Crippen MR) is 80.8 cm³/mol. The van der Waals surface area contributed by atoms with Crippen molar-refractivity contribution >= 4 is 18.3 Å². The van der Waals surface area contributed by atoms with Crippen LogP contribution in [0.1, 0.15) is 5.56 Å². The second-order valence-electron chi connectivity index (χ2n) is 4.30. The maximum absolute atomic E-state index is 12.2. The summed E-state index contributed by atoms with van der Waals surface area (Å²) in [5.74, 6) is -0.122. The van der Waals surface area contributed by atoms with Crippen molar-refractivity contribution in [2.24, 2.45) is 5.73 Å². The molecule has 5 nitrogen and oxygen atoms in total. The van der Waals surface area contributed by atoms with Gasteiger partial charge in [-0.05, 0) is 5.56 Å². The van der Waals surface area contributed by atoms with Crippen LogP contribution in [0.15, 0.2) is 30.3 Å². The van der Waals surface area contributed by atoms with E-state index in [2.05, 4.69) is 0 Å². The average Bonchev–Trinajstić information content (AvgIpc) is 2.44. The van der Waals surface area contributed by atoms with Crippen LogP contribution in [0.3, 0.4) is 0 Å². The molecule has 6 heteroatoms. The number of hydrogen-bond acceptors (Lipinski definition) is 4. The van der Waals surface area contributed by atoms with E-state index in [1.54, 1.807) is 12.0 Å². The Morgan fingerprint density at radius 3 is 2.45 bits per heavy atom. The Kier molecular flexibility index (Phi) is 10.0. The number of halogens is 1. The number of hydrogen-bond donors (Lipinski definition) is 1. The maximum Gasteiger partial charge on any atom is 0.242 e. The molecule has 0 saturated carbocycles. The van der Waals surface area contributed by atoms with Crippen molar-refractivity contribution in [3.63, 3.8) is 0 Å². The van der Waals surface area contributed by atoms with E-state index >= 15 is 0 Å². The van der Waals surface area contributed by atoms with Crippen LogP contribution in [0.4, 0.5) is 0 Å². The molecule has 1 unspecified atom stereocenters. The third-order valence-corrected chi connectivity index (χ3v) is 2.76. The normalized spacial score (nSPS) is 11.6. The quantitative estimate of drug-likeness (QED) is 0.780. The summed E-state index contributed by atoms with van der Waals surface area (Å²) in [4.78, 5) is 13.9. The highest BCUT2D eigenvalue weighted by atomic mass is 35.5. The summed E-state index contributed by atoms with van der Waals surface area (Å²) in [5.41, 5.74) is 6.86. The van der Waals surface area contributed by atoms with Gasteiger partial charge >= 0.3 is 0 Å². The lowest BCUT2D eigenvalue weighted by Crippen LogP contribution is -2.46. The Labute approximate surface area is 126 Å². The molecule has 0 radical (unpaired) electrons. The van der Waals surface area contributed by atoms with E-state index in [0.717, 1.165) is 5.56 Å². The zero-order valence-corrected chi connectivity index (χ0v) is 12.8. The molecule has 0 fully saturated rings. The molecule has 2 N–H and O–H groups in total. The minimum atomic E-state index is -0.634. The van der Waals surface area contributed by atoms with E-state index in [9.17, 15) is 4.79 Å². The summed E-state index contributed by atoms with van der Waals surface area (Å²) >= 11 is 0. The molecule has 0 aliphatic rings. The molecule has 1 amide bonds. The molecule has 0 heterocycles. The van der Waals surface area contributed by atoms with Gasteiger partial charge in [0.25, 0.3) is 0 Å². The molecule has 1 rings (SSSR count). The van der Waals surface area contributed by atoms with Crippen molar-refractivity contribution in [3.05, 3.63) is 35.9 Å². The van der Waals surface area contributed by atoms with Gasteiger partial charge in [0, 0.05) is 27.3 Å². The van der Waals surface area contributed by atoms with Gasteiger partial charge in [-0.2, -0.15) is 0 Å². The van der Waals surface area contributed by atoms with Crippen LogP contribution in [-0.2, 0) is 20.8 Å². The van der Waals surface area contributed by atoms with Gasteiger partial charge in [-0.15, -0.1) is 12.4 Å².